The van der Waals surface area contributed by atoms with Crippen LogP contribution in [0.15, 0.2) is 18.2 Å². The summed E-state index contributed by atoms with van der Waals surface area (Å²) in [5, 5.41) is 12.6. The summed E-state index contributed by atoms with van der Waals surface area (Å²) in [5.41, 5.74) is 0.543. The molecule has 7 heteroatoms. The number of aliphatic carboxylic acids is 1. The van der Waals surface area contributed by atoms with Crippen LogP contribution in [-0.4, -0.2) is 54.7 Å². The molecule has 1 spiro atoms. The Morgan fingerprint density at radius 2 is 2.08 bits per heavy atom. The van der Waals surface area contributed by atoms with E-state index < -0.39 is 12.0 Å². The van der Waals surface area contributed by atoms with E-state index in [2.05, 4.69) is 5.32 Å². The molecule has 1 amide bonds. The minimum absolute atomic E-state index is 0.00259. The Kier molecular flexibility index (Phi) is 4.69. The van der Waals surface area contributed by atoms with Crippen LogP contribution >= 0.6 is 11.6 Å². The minimum atomic E-state index is -0.793. The zero-order valence-electron chi connectivity index (χ0n) is 13.5. The molecule has 0 unspecified atom stereocenters. The lowest BCUT2D eigenvalue weighted by atomic mass is 9.76. The van der Waals surface area contributed by atoms with Crippen LogP contribution in [0.1, 0.15) is 29.6 Å². The predicted octanol–water partition coefficient (Wildman–Crippen LogP) is 2.02. The number of carboxylic acids is 1. The number of hydrogen-bond acceptors (Lipinski definition) is 4. The second-order valence-electron chi connectivity index (χ2n) is 6.62. The number of hydrogen-bond donors (Lipinski definition) is 2. The Labute approximate surface area is 145 Å². The van der Waals surface area contributed by atoms with Crippen molar-refractivity contribution in [2.45, 2.75) is 25.3 Å². The number of rotatable bonds is 3. The van der Waals surface area contributed by atoms with E-state index >= 15 is 0 Å². The van der Waals surface area contributed by atoms with Crippen LogP contribution in [0, 0.1) is 5.41 Å². The molecule has 2 N–H and O–H groups in total. The number of ether oxygens (including phenoxy) is 1. The van der Waals surface area contributed by atoms with E-state index in [1.54, 1.807) is 18.2 Å². The normalized spacial score (nSPS) is 22.6. The summed E-state index contributed by atoms with van der Waals surface area (Å²) in [6, 6.07) is 4.58. The molecular formula is C17H21ClN2O4. The van der Waals surface area contributed by atoms with Gasteiger partial charge in [-0.1, -0.05) is 11.6 Å². The lowest BCUT2D eigenvalue weighted by Gasteiger charge is -2.39. The molecule has 3 rings (SSSR count). The highest BCUT2D eigenvalue weighted by molar-refractivity contribution is 6.32. The first-order valence-electron chi connectivity index (χ1n) is 8.03. The summed E-state index contributed by atoms with van der Waals surface area (Å²) in [4.78, 5) is 25.6. The van der Waals surface area contributed by atoms with E-state index in [-0.39, 0.29) is 11.3 Å². The lowest BCUT2D eigenvalue weighted by molar-refractivity contribution is -0.139. The van der Waals surface area contributed by atoms with Crippen molar-refractivity contribution in [1.82, 2.24) is 10.2 Å². The zero-order valence-corrected chi connectivity index (χ0v) is 14.3. The van der Waals surface area contributed by atoms with Gasteiger partial charge in [0.1, 0.15) is 11.8 Å². The fraction of sp³-hybridized carbons (Fsp3) is 0.529. The highest BCUT2D eigenvalue weighted by Gasteiger charge is 2.44. The van der Waals surface area contributed by atoms with Crippen LogP contribution < -0.4 is 10.1 Å². The summed E-state index contributed by atoms with van der Waals surface area (Å²) in [7, 11) is 1.53. The standard InChI is InChI=1S/C17H21ClN2O4/c1-24-14-3-2-11(8-12(14)18)15(21)20-6-4-17(5-7-20)9-13(16(22)23)19-10-17/h2-3,8,13,19H,4-7,9-10H2,1H3,(H,22,23)/t13-/m0/s1. The molecule has 1 aromatic carbocycles. The summed E-state index contributed by atoms with van der Waals surface area (Å²) < 4.78 is 5.11. The van der Waals surface area contributed by atoms with Crippen molar-refractivity contribution in [2.24, 2.45) is 5.41 Å². The maximum Gasteiger partial charge on any atom is 0.320 e. The van der Waals surface area contributed by atoms with Gasteiger partial charge in [-0.25, -0.2) is 0 Å². The molecule has 2 aliphatic rings. The van der Waals surface area contributed by atoms with Gasteiger partial charge in [-0.05, 0) is 42.9 Å². The number of nitrogens with one attached hydrogen (secondary N) is 1. The Bertz CT molecular complexity index is 656. The van der Waals surface area contributed by atoms with Crippen LogP contribution in [0.2, 0.25) is 5.02 Å². The van der Waals surface area contributed by atoms with Crippen molar-refractivity contribution >= 4 is 23.5 Å². The number of amides is 1. The molecule has 24 heavy (non-hydrogen) atoms. The first kappa shape index (κ1) is 17.0. The molecule has 0 aliphatic carbocycles. The average molecular weight is 353 g/mol. The van der Waals surface area contributed by atoms with Crippen molar-refractivity contribution < 1.29 is 19.4 Å². The summed E-state index contributed by atoms with van der Waals surface area (Å²) >= 11 is 6.10. The molecule has 1 aromatic rings. The van der Waals surface area contributed by atoms with E-state index in [1.807, 2.05) is 4.90 Å². The largest absolute Gasteiger partial charge is 0.495 e. The predicted molar refractivity (Wildman–Crippen MR) is 89.6 cm³/mol. The van der Waals surface area contributed by atoms with Crippen LogP contribution in [0.3, 0.4) is 0 Å². The van der Waals surface area contributed by atoms with Gasteiger partial charge in [-0.3, -0.25) is 9.59 Å². The molecule has 0 aromatic heterocycles. The smallest absolute Gasteiger partial charge is 0.320 e. The molecule has 130 valence electrons. The van der Waals surface area contributed by atoms with Gasteiger partial charge < -0.3 is 20.1 Å². The Balaban J connectivity index is 1.63. The van der Waals surface area contributed by atoms with E-state index in [0.717, 1.165) is 12.8 Å². The molecule has 6 nitrogen and oxygen atoms in total. The van der Waals surface area contributed by atoms with Gasteiger partial charge >= 0.3 is 5.97 Å². The number of carbonyl (C=O) groups is 2. The number of carboxylic acid groups (broad SMARTS) is 1. The topological polar surface area (TPSA) is 78.9 Å². The SMILES string of the molecule is COc1ccc(C(=O)N2CCC3(CC2)CN[C@H](C(=O)O)C3)cc1Cl. The molecule has 1 atom stereocenters. The molecule has 0 radical (unpaired) electrons. The van der Waals surface area contributed by atoms with Gasteiger partial charge in [0.25, 0.3) is 5.91 Å². The summed E-state index contributed by atoms with van der Waals surface area (Å²) in [6.45, 7) is 1.98. The third-order valence-electron chi connectivity index (χ3n) is 5.17. The second kappa shape index (κ2) is 6.61. The van der Waals surface area contributed by atoms with Crippen LogP contribution in [0.4, 0.5) is 0 Å². The van der Waals surface area contributed by atoms with Crippen LogP contribution in [-0.2, 0) is 4.79 Å². The van der Waals surface area contributed by atoms with Crippen molar-refractivity contribution in [3.8, 4) is 5.75 Å². The molecule has 2 heterocycles. The quantitative estimate of drug-likeness (QED) is 0.870. The Hall–Kier alpha value is -1.79. The van der Waals surface area contributed by atoms with Gasteiger partial charge in [-0.15, -0.1) is 0 Å². The molecular weight excluding hydrogens is 332 g/mol. The fourth-order valence-electron chi connectivity index (χ4n) is 3.64. The van der Waals surface area contributed by atoms with Crippen LogP contribution in [0.5, 0.6) is 5.75 Å². The molecule has 2 saturated heterocycles. The highest BCUT2D eigenvalue weighted by Crippen LogP contribution is 2.39. The van der Waals surface area contributed by atoms with Gasteiger partial charge in [0.2, 0.25) is 0 Å². The van der Waals surface area contributed by atoms with Crippen molar-refractivity contribution in [3.63, 3.8) is 0 Å². The number of benzene rings is 1. The lowest BCUT2D eigenvalue weighted by Crippen LogP contribution is -2.44. The molecule has 0 bridgehead atoms. The first-order valence-corrected chi connectivity index (χ1v) is 8.41. The highest BCUT2D eigenvalue weighted by atomic mass is 35.5. The summed E-state index contributed by atoms with van der Waals surface area (Å²) in [6.07, 6.45) is 2.28. The van der Waals surface area contributed by atoms with Crippen molar-refractivity contribution in [2.75, 3.05) is 26.7 Å². The zero-order chi connectivity index (χ0) is 17.3. The van der Waals surface area contributed by atoms with E-state index in [1.165, 1.54) is 7.11 Å². The van der Waals surface area contributed by atoms with Gasteiger partial charge in [0.15, 0.2) is 0 Å². The number of likely N-dealkylation sites (tertiary alicyclic amines) is 1. The first-order chi connectivity index (χ1) is 11.4. The van der Waals surface area contributed by atoms with Gasteiger partial charge in [-0.2, -0.15) is 0 Å². The fourth-order valence-corrected chi connectivity index (χ4v) is 3.90. The maximum absolute atomic E-state index is 12.6. The number of methoxy groups -OCH3 is 1. The summed E-state index contributed by atoms with van der Waals surface area (Å²) in [5.74, 6) is -0.295. The van der Waals surface area contributed by atoms with Crippen LogP contribution in [0.25, 0.3) is 0 Å². The third-order valence-corrected chi connectivity index (χ3v) is 5.46. The molecule has 0 saturated carbocycles. The molecule has 2 fully saturated rings. The van der Waals surface area contributed by atoms with E-state index in [9.17, 15) is 9.59 Å². The number of piperidine rings is 1. The minimum Gasteiger partial charge on any atom is -0.495 e. The Morgan fingerprint density at radius 3 is 2.62 bits per heavy atom. The van der Waals surface area contributed by atoms with Crippen molar-refractivity contribution in [3.05, 3.63) is 28.8 Å². The Morgan fingerprint density at radius 1 is 1.38 bits per heavy atom. The maximum atomic E-state index is 12.6. The molecule has 2 aliphatic heterocycles. The average Bonchev–Trinajstić information content (AvgIpc) is 2.99. The monoisotopic (exact) mass is 352 g/mol. The second-order valence-corrected chi connectivity index (χ2v) is 7.02. The van der Waals surface area contributed by atoms with Gasteiger partial charge in [0.05, 0.1) is 12.1 Å². The van der Waals surface area contributed by atoms with E-state index in [0.29, 0.717) is 42.4 Å². The van der Waals surface area contributed by atoms with E-state index in [4.69, 9.17) is 21.4 Å². The number of halogens is 1. The number of carbonyl (C=O) groups excluding carboxylic acids is 1. The third kappa shape index (κ3) is 3.21. The number of nitrogens with zero attached hydrogens (tertiary/aromatic N) is 1. The van der Waals surface area contributed by atoms with Crippen molar-refractivity contribution in [1.29, 1.82) is 0 Å². The van der Waals surface area contributed by atoms with Gasteiger partial charge in [0, 0.05) is 25.2 Å².